The molecule has 0 amide bonds. The number of hydrogen-bond donors (Lipinski definition) is 2. The van der Waals surface area contributed by atoms with Crippen LogP contribution in [0.5, 0.6) is 5.75 Å². The molecule has 1 aromatic carbocycles. The maximum atomic E-state index is 5.39. The van der Waals surface area contributed by atoms with Crippen LogP contribution in [0.15, 0.2) is 18.2 Å². The zero-order valence-electron chi connectivity index (χ0n) is 11.6. The second-order valence-electron chi connectivity index (χ2n) is 5.27. The molecule has 0 radical (unpaired) electrons. The van der Waals surface area contributed by atoms with Crippen molar-refractivity contribution >= 4 is 5.69 Å². The Balaban J connectivity index is 1.88. The first-order valence-electron chi connectivity index (χ1n) is 6.86. The fourth-order valence-corrected chi connectivity index (χ4v) is 2.07. The van der Waals surface area contributed by atoms with Crippen LogP contribution in [0.4, 0.5) is 5.69 Å². The summed E-state index contributed by atoms with van der Waals surface area (Å²) in [6.07, 6.45) is 2.69. The molecule has 3 heteroatoms. The molecule has 0 bridgehead atoms. The minimum Gasteiger partial charge on any atom is -0.496 e. The molecule has 0 atom stereocenters. The second-order valence-corrected chi connectivity index (χ2v) is 5.27. The Morgan fingerprint density at radius 1 is 1.28 bits per heavy atom. The van der Waals surface area contributed by atoms with Crippen molar-refractivity contribution in [2.75, 3.05) is 25.5 Å². The fraction of sp³-hybridized carbons (Fsp3) is 0.600. The van der Waals surface area contributed by atoms with Crippen LogP contribution in [0.1, 0.15) is 38.2 Å². The maximum Gasteiger partial charge on any atom is 0.122 e. The summed E-state index contributed by atoms with van der Waals surface area (Å²) < 4.78 is 5.39. The van der Waals surface area contributed by atoms with Crippen molar-refractivity contribution in [2.45, 2.75) is 38.6 Å². The molecule has 0 aliphatic heterocycles. The van der Waals surface area contributed by atoms with Gasteiger partial charge in [0, 0.05) is 24.8 Å². The van der Waals surface area contributed by atoms with E-state index in [1.54, 1.807) is 7.11 Å². The van der Waals surface area contributed by atoms with Crippen molar-refractivity contribution < 1.29 is 4.74 Å². The van der Waals surface area contributed by atoms with Crippen LogP contribution in [0.3, 0.4) is 0 Å². The lowest BCUT2D eigenvalue weighted by Gasteiger charge is -2.14. The summed E-state index contributed by atoms with van der Waals surface area (Å²) in [5.41, 5.74) is 2.44. The Bertz CT molecular complexity index is 386. The number of ether oxygens (including phenoxy) is 1. The number of nitrogens with one attached hydrogen (secondary N) is 2. The van der Waals surface area contributed by atoms with Gasteiger partial charge in [-0.25, -0.2) is 0 Å². The molecule has 1 aromatic rings. The predicted molar refractivity (Wildman–Crippen MR) is 76.6 cm³/mol. The van der Waals surface area contributed by atoms with Crippen LogP contribution >= 0.6 is 0 Å². The Kier molecular flexibility index (Phi) is 4.48. The second kappa shape index (κ2) is 6.10. The third kappa shape index (κ3) is 3.64. The van der Waals surface area contributed by atoms with Crippen molar-refractivity contribution in [1.82, 2.24) is 5.32 Å². The molecule has 0 spiro atoms. The first-order chi connectivity index (χ1) is 8.70. The van der Waals surface area contributed by atoms with Gasteiger partial charge in [0.1, 0.15) is 5.75 Å². The van der Waals surface area contributed by atoms with Crippen LogP contribution in [0, 0.1) is 0 Å². The molecule has 0 saturated heterocycles. The van der Waals surface area contributed by atoms with E-state index in [4.69, 9.17) is 4.74 Å². The molecule has 1 aliphatic rings. The Morgan fingerprint density at radius 2 is 2.06 bits per heavy atom. The SMILES string of the molecule is COc1ccc(NCCNC2CC2)cc1C(C)C. The standard InChI is InChI=1S/C15H24N2O/c1-11(2)14-10-13(6-7-15(14)18-3)17-9-8-16-12-4-5-12/h6-7,10-12,16-17H,4-5,8-9H2,1-3H3. The van der Waals surface area contributed by atoms with Gasteiger partial charge in [0.25, 0.3) is 0 Å². The summed E-state index contributed by atoms with van der Waals surface area (Å²) in [7, 11) is 1.73. The highest BCUT2D eigenvalue weighted by Crippen LogP contribution is 2.29. The van der Waals surface area contributed by atoms with E-state index < -0.39 is 0 Å². The highest BCUT2D eigenvalue weighted by atomic mass is 16.5. The smallest absolute Gasteiger partial charge is 0.122 e. The Morgan fingerprint density at radius 3 is 2.67 bits per heavy atom. The monoisotopic (exact) mass is 248 g/mol. The number of methoxy groups -OCH3 is 1. The lowest BCUT2D eigenvalue weighted by Crippen LogP contribution is -2.23. The molecular formula is C15H24N2O. The summed E-state index contributed by atoms with van der Waals surface area (Å²) in [4.78, 5) is 0. The summed E-state index contributed by atoms with van der Waals surface area (Å²) in [5, 5.41) is 6.96. The quantitative estimate of drug-likeness (QED) is 0.728. The molecule has 0 unspecified atom stereocenters. The van der Waals surface area contributed by atoms with E-state index in [1.165, 1.54) is 24.1 Å². The molecule has 0 heterocycles. The number of rotatable bonds is 7. The highest BCUT2D eigenvalue weighted by molar-refractivity contribution is 5.52. The van der Waals surface area contributed by atoms with Gasteiger partial charge in [-0.2, -0.15) is 0 Å². The fourth-order valence-electron chi connectivity index (χ4n) is 2.07. The summed E-state index contributed by atoms with van der Waals surface area (Å²) in [6, 6.07) is 7.11. The third-order valence-electron chi connectivity index (χ3n) is 3.32. The summed E-state index contributed by atoms with van der Waals surface area (Å²) in [5.74, 6) is 1.46. The molecule has 2 N–H and O–H groups in total. The van der Waals surface area contributed by atoms with Crippen molar-refractivity contribution in [3.05, 3.63) is 23.8 Å². The van der Waals surface area contributed by atoms with E-state index in [9.17, 15) is 0 Å². The van der Waals surface area contributed by atoms with Gasteiger partial charge in [-0.05, 0) is 42.5 Å². The van der Waals surface area contributed by atoms with Gasteiger partial charge in [-0.1, -0.05) is 13.8 Å². The van der Waals surface area contributed by atoms with Gasteiger partial charge in [0.2, 0.25) is 0 Å². The average Bonchev–Trinajstić information content (AvgIpc) is 3.18. The molecule has 3 nitrogen and oxygen atoms in total. The maximum absolute atomic E-state index is 5.39. The zero-order chi connectivity index (χ0) is 13.0. The first-order valence-corrected chi connectivity index (χ1v) is 6.86. The molecule has 1 saturated carbocycles. The van der Waals surface area contributed by atoms with Gasteiger partial charge in [0.15, 0.2) is 0 Å². The van der Waals surface area contributed by atoms with Gasteiger partial charge >= 0.3 is 0 Å². The Labute approximate surface area is 110 Å². The molecule has 0 aromatic heterocycles. The number of hydrogen-bond acceptors (Lipinski definition) is 3. The molecule has 100 valence electrons. The van der Waals surface area contributed by atoms with Crippen molar-refractivity contribution in [3.8, 4) is 5.75 Å². The Hall–Kier alpha value is -1.22. The largest absolute Gasteiger partial charge is 0.496 e. The van der Waals surface area contributed by atoms with Crippen molar-refractivity contribution in [2.24, 2.45) is 0 Å². The predicted octanol–water partition coefficient (Wildman–Crippen LogP) is 2.98. The number of anilines is 1. The molecule has 1 aliphatic carbocycles. The molecule has 1 fully saturated rings. The highest BCUT2D eigenvalue weighted by Gasteiger charge is 2.19. The third-order valence-corrected chi connectivity index (χ3v) is 3.32. The average molecular weight is 248 g/mol. The minimum absolute atomic E-state index is 0.478. The van der Waals surface area contributed by atoms with E-state index in [0.29, 0.717) is 5.92 Å². The van der Waals surface area contributed by atoms with E-state index >= 15 is 0 Å². The van der Waals surface area contributed by atoms with Crippen LogP contribution in [0.25, 0.3) is 0 Å². The van der Waals surface area contributed by atoms with E-state index in [-0.39, 0.29) is 0 Å². The molecule has 18 heavy (non-hydrogen) atoms. The van der Waals surface area contributed by atoms with Gasteiger partial charge in [0.05, 0.1) is 7.11 Å². The van der Waals surface area contributed by atoms with E-state index in [0.717, 1.165) is 24.9 Å². The lowest BCUT2D eigenvalue weighted by atomic mass is 10.0. The van der Waals surface area contributed by atoms with Crippen LogP contribution in [-0.2, 0) is 0 Å². The lowest BCUT2D eigenvalue weighted by molar-refractivity contribution is 0.407. The van der Waals surface area contributed by atoms with Crippen molar-refractivity contribution in [3.63, 3.8) is 0 Å². The normalized spacial score (nSPS) is 14.9. The van der Waals surface area contributed by atoms with E-state index in [1.807, 2.05) is 6.07 Å². The van der Waals surface area contributed by atoms with Gasteiger partial charge < -0.3 is 15.4 Å². The van der Waals surface area contributed by atoms with Gasteiger partial charge in [-0.3, -0.25) is 0 Å². The zero-order valence-corrected chi connectivity index (χ0v) is 11.6. The molecule has 2 rings (SSSR count). The van der Waals surface area contributed by atoms with Gasteiger partial charge in [-0.15, -0.1) is 0 Å². The van der Waals surface area contributed by atoms with E-state index in [2.05, 4.69) is 36.6 Å². The van der Waals surface area contributed by atoms with Crippen LogP contribution in [0.2, 0.25) is 0 Å². The number of benzene rings is 1. The van der Waals surface area contributed by atoms with Crippen LogP contribution in [-0.4, -0.2) is 26.2 Å². The first kappa shape index (κ1) is 13.2. The minimum atomic E-state index is 0.478. The molecular weight excluding hydrogens is 224 g/mol. The summed E-state index contributed by atoms with van der Waals surface area (Å²) >= 11 is 0. The summed E-state index contributed by atoms with van der Waals surface area (Å²) in [6.45, 7) is 6.39. The van der Waals surface area contributed by atoms with Crippen LogP contribution < -0.4 is 15.4 Å². The topological polar surface area (TPSA) is 33.3 Å². The van der Waals surface area contributed by atoms with Crippen molar-refractivity contribution in [1.29, 1.82) is 0 Å².